The molecule has 31 heavy (non-hydrogen) atoms. The van der Waals surface area contributed by atoms with Crippen molar-refractivity contribution in [3.05, 3.63) is 106 Å². The van der Waals surface area contributed by atoms with Gasteiger partial charge in [-0.05, 0) is 29.8 Å². The lowest BCUT2D eigenvalue weighted by atomic mass is 10.00. The maximum absolute atomic E-state index is 13.2. The van der Waals surface area contributed by atoms with Gasteiger partial charge in [0.05, 0.1) is 11.0 Å². The Kier molecular flexibility index (Phi) is 4.51. The summed E-state index contributed by atoms with van der Waals surface area (Å²) < 4.78 is 5.94. The molecule has 0 bridgehead atoms. The van der Waals surface area contributed by atoms with E-state index in [1.165, 1.54) is 29.5 Å². The van der Waals surface area contributed by atoms with Crippen LogP contribution in [0.4, 0.5) is 5.69 Å². The molecule has 0 radical (unpaired) electrons. The molecule has 8 heteroatoms. The van der Waals surface area contributed by atoms with Crippen LogP contribution in [0.25, 0.3) is 11.0 Å². The number of rotatable bonds is 4. The Balaban J connectivity index is 1.57. The number of nitrogens with zero attached hydrogens (tertiary/aromatic N) is 4. The largest absolute Gasteiger partial charge is 0.455 e. The minimum atomic E-state index is -0.497. The van der Waals surface area contributed by atoms with Crippen molar-refractivity contribution in [1.29, 1.82) is 0 Å². The molecule has 1 atom stereocenters. The van der Waals surface area contributed by atoms with Gasteiger partial charge >= 0.3 is 0 Å². The van der Waals surface area contributed by atoms with Gasteiger partial charge in [-0.15, -0.1) is 0 Å². The average Bonchev–Trinajstić information content (AvgIpc) is 3.44. The number of pyridine rings is 1. The van der Waals surface area contributed by atoms with Gasteiger partial charge < -0.3 is 4.42 Å². The van der Waals surface area contributed by atoms with E-state index in [9.17, 15) is 14.9 Å². The predicted octanol–water partition coefficient (Wildman–Crippen LogP) is 4.73. The van der Waals surface area contributed by atoms with Crippen LogP contribution in [0, 0.1) is 10.1 Å². The third kappa shape index (κ3) is 3.44. The molecule has 0 spiro atoms. The minimum absolute atomic E-state index is 0.0361. The van der Waals surface area contributed by atoms with Crippen LogP contribution in [0.15, 0.2) is 88.6 Å². The molecule has 2 aromatic heterocycles. The fourth-order valence-corrected chi connectivity index (χ4v) is 3.70. The van der Waals surface area contributed by atoms with Crippen LogP contribution < -0.4 is 0 Å². The van der Waals surface area contributed by atoms with E-state index in [0.29, 0.717) is 29.0 Å². The number of carbonyl (C=O) groups is 1. The number of hydrogen-bond acceptors (Lipinski definition) is 6. The number of fused-ring (bicyclic) bond motifs is 1. The van der Waals surface area contributed by atoms with Crippen molar-refractivity contribution in [2.24, 2.45) is 5.10 Å². The lowest BCUT2D eigenvalue weighted by molar-refractivity contribution is -0.384. The highest BCUT2D eigenvalue weighted by molar-refractivity contribution is 6.05. The highest BCUT2D eigenvalue weighted by Gasteiger charge is 2.35. The van der Waals surface area contributed by atoms with Gasteiger partial charge in [0.25, 0.3) is 11.6 Å². The standard InChI is InChI=1S/C23H16N4O4/c28-23(15-8-10-24-11-9-15)26-20(16-5-3-6-18(12-16)27(29)30)14-19(25-26)22-13-17-4-1-2-7-21(17)31-22/h1-13,20H,14H2. The fraction of sp³-hybridized carbons (Fsp3) is 0.0870. The fourth-order valence-electron chi connectivity index (χ4n) is 3.70. The van der Waals surface area contributed by atoms with Crippen molar-refractivity contribution in [3.63, 3.8) is 0 Å². The Labute approximate surface area is 176 Å². The van der Waals surface area contributed by atoms with Crippen LogP contribution in [-0.4, -0.2) is 26.5 Å². The number of carbonyl (C=O) groups excluding carboxylic acids is 1. The lowest BCUT2D eigenvalue weighted by Crippen LogP contribution is -2.27. The molecule has 0 saturated carbocycles. The van der Waals surface area contributed by atoms with Gasteiger partial charge in [-0.2, -0.15) is 5.10 Å². The first-order chi connectivity index (χ1) is 15.1. The molecule has 5 rings (SSSR count). The summed E-state index contributed by atoms with van der Waals surface area (Å²) in [5.74, 6) is 0.256. The quantitative estimate of drug-likeness (QED) is 0.356. The van der Waals surface area contributed by atoms with Gasteiger partial charge in [0.15, 0.2) is 5.76 Å². The molecule has 1 amide bonds. The third-order valence-corrected chi connectivity index (χ3v) is 5.22. The number of nitro groups is 1. The van der Waals surface area contributed by atoms with Gasteiger partial charge in [0.2, 0.25) is 0 Å². The Bertz CT molecular complexity index is 1300. The second-order valence-corrected chi connectivity index (χ2v) is 7.15. The van der Waals surface area contributed by atoms with Crippen molar-refractivity contribution >= 4 is 28.3 Å². The average molecular weight is 412 g/mol. The Morgan fingerprint density at radius 2 is 1.87 bits per heavy atom. The van der Waals surface area contributed by atoms with E-state index in [2.05, 4.69) is 10.1 Å². The summed E-state index contributed by atoms with van der Waals surface area (Å²) in [6, 6.07) is 18.5. The molecule has 2 aromatic carbocycles. The van der Waals surface area contributed by atoms with Crippen molar-refractivity contribution in [3.8, 4) is 0 Å². The van der Waals surface area contributed by atoms with E-state index in [0.717, 1.165) is 11.0 Å². The second kappa shape index (κ2) is 7.49. The molecule has 0 N–H and O–H groups in total. The Morgan fingerprint density at radius 3 is 2.65 bits per heavy atom. The number of hydrazone groups is 1. The van der Waals surface area contributed by atoms with E-state index in [1.54, 1.807) is 24.3 Å². The SMILES string of the molecule is O=C(c1ccncc1)N1N=C(c2cc3ccccc3o2)CC1c1cccc([N+](=O)[O-])c1. The first-order valence-electron chi connectivity index (χ1n) is 9.64. The van der Waals surface area contributed by atoms with Crippen LogP contribution in [0.5, 0.6) is 0 Å². The topological polar surface area (TPSA) is 102 Å². The van der Waals surface area contributed by atoms with Crippen molar-refractivity contribution in [2.45, 2.75) is 12.5 Å². The highest BCUT2D eigenvalue weighted by atomic mass is 16.6. The first kappa shape index (κ1) is 18.7. The van der Waals surface area contributed by atoms with E-state index < -0.39 is 11.0 Å². The summed E-state index contributed by atoms with van der Waals surface area (Å²) in [5.41, 5.74) is 2.36. The summed E-state index contributed by atoms with van der Waals surface area (Å²) in [4.78, 5) is 28.0. The van der Waals surface area contributed by atoms with E-state index in [1.807, 2.05) is 30.3 Å². The van der Waals surface area contributed by atoms with Crippen molar-refractivity contribution < 1.29 is 14.1 Å². The van der Waals surface area contributed by atoms with Gasteiger partial charge in [0.1, 0.15) is 11.3 Å². The Morgan fingerprint density at radius 1 is 1.06 bits per heavy atom. The number of aromatic nitrogens is 1. The summed E-state index contributed by atoms with van der Waals surface area (Å²) >= 11 is 0. The van der Waals surface area contributed by atoms with Crippen LogP contribution in [-0.2, 0) is 0 Å². The zero-order valence-corrected chi connectivity index (χ0v) is 16.2. The van der Waals surface area contributed by atoms with E-state index >= 15 is 0 Å². The molecule has 1 unspecified atom stereocenters. The molecule has 1 aliphatic heterocycles. The second-order valence-electron chi connectivity index (χ2n) is 7.15. The molecular weight excluding hydrogens is 396 g/mol. The van der Waals surface area contributed by atoms with E-state index in [-0.39, 0.29) is 11.6 Å². The van der Waals surface area contributed by atoms with Crippen molar-refractivity contribution in [2.75, 3.05) is 0 Å². The molecule has 0 fully saturated rings. The highest BCUT2D eigenvalue weighted by Crippen LogP contribution is 2.36. The van der Waals surface area contributed by atoms with Gasteiger partial charge in [-0.3, -0.25) is 19.9 Å². The van der Waals surface area contributed by atoms with Gasteiger partial charge in [-0.1, -0.05) is 30.3 Å². The number of benzene rings is 2. The van der Waals surface area contributed by atoms with Gasteiger partial charge in [0, 0.05) is 41.9 Å². The third-order valence-electron chi connectivity index (χ3n) is 5.22. The predicted molar refractivity (Wildman–Crippen MR) is 114 cm³/mol. The summed E-state index contributed by atoms with van der Waals surface area (Å²) in [5, 5.41) is 18.2. The molecule has 1 aliphatic rings. The van der Waals surface area contributed by atoms with Crippen LogP contribution in [0.1, 0.15) is 34.1 Å². The number of nitro benzene ring substituents is 1. The summed E-state index contributed by atoms with van der Waals surface area (Å²) in [6.07, 6.45) is 3.45. The summed E-state index contributed by atoms with van der Waals surface area (Å²) in [7, 11) is 0. The summed E-state index contributed by atoms with van der Waals surface area (Å²) in [6.45, 7) is 0. The first-order valence-corrected chi connectivity index (χ1v) is 9.64. The molecule has 4 aromatic rings. The zero-order chi connectivity index (χ0) is 21.4. The number of para-hydroxylation sites is 1. The molecule has 8 nitrogen and oxygen atoms in total. The molecule has 152 valence electrons. The molecule has 0 aliphatic carbocycles. The number of hydrogen-bond donors (Lipinski definition) is 0. The van der Waals surface area contributed by atoms with Crippen LogP contribution >= 0.6 is 0 Å². The molecular formula is C23H16N4O4. The smallest absolute Gasteiger partial charge is 0.274 e. The minimum Gasteiger partial charge on any atom is -0.455 e. The van der Waals surface area contributed by atoms with Gasteiger partial charge in [-0.25, -0.2) is 5.01 Å². The number of non-ortho nitro benzene ring substituents is 1. The number of amides is 1. The van der Waals surface area contributed by atoms with Crippen LogP contribution in [0.2, 0.25) is 0 Å². The monoisotopic (exact) mass is 412 g/mol. The zero-order valence-electron chi connectivity index (χ0n) is 16.2. The van der Waals surface area contributed by atoms with Crippen molar-refractivity contribution in [1.82, 2.24) is 9.99 Å². The number of furan rings is 1. The maximum Gasteiger partial charge on any atom is 0.274 e. The Hall–Kier alpha value is -4.33. The maximum atomic E-state index is 13.2. The lowest BCUT2D eigenvalue weighted by Gasteiger charge is -2.22. The molecule has 0 saturated heterocycles. The molecule has 3 heterocycles. The van der Waals surface area contributed by atoms with E-state index in [4.69, 9.17) is 4.42 Å². The van der Waals surface area contributed by atoms with Crippen LogP contribution in [0.3, 0.4) is 0 Å². The normalized spacial score (nSPS) is 15.8.